The van der Waals surface area contributed by atoms with Gasteiger partial charge in [0.1, 0.15) is 5.82 Å². The van der Waals surface area contributed by atoms with Gasteiger partial charge in [-0.05, 0) is 12.0 Å². The molecule has 3 aromatic rings. The van der Waals surface area contributed by atoms with Gasteiger partial charge in [0.25, 0.3) is 0 Å². The van der Waals surface area contributed by atoms with E-state index in [0.29, 0.717) is 13.1 Å². The molecule has 4 rings (SSSR count). The van der Waals surface area contributed by atoms with Crippen molar-refractivity contribution in [2.24, 2.45) is 5.92 Å². The molecule has 6 nitrogen and oxygen atoms in total. The highest BCUT2D eigenvalue weighted by Gasteiger charge is 2.24. The highest BCUT2D eigenvalue weighted by Crippen LogP contribution is 2.20. The Hall–Kier alpha value is -2.89. The molecule has 25 heavy (non-hydrogen) atoms. The van der Waals surface area contributed by atoms with Gasteiger partial charge in [-0.25, -0.2) is 9.97 Å². The summed E-state index contributed by atoms with van der Waals surface area (Å²) in [6.07, 6.45) is 9.05. The molecule has 0 aliphatic carbocycles. The largest absolute Gasteiger partial charge is 0.354 e. The van der Waals surface area contributed by atoms with E-state index < -0.39 is 0 Å². The Balaban J connectivity index is 1.33. The first-order valence-electron chi connectivity index (χ1n) is 8.64. The summed E-state index contributed by atoms with van der Waals surface area (Å²) < 4.78 is 4.20. The molecule has 6 heteroatoms. The van der Waals surface area contributed by atoms with Crippen LogP contribution in [0.1, 0.15) is 12.2 Å². The quantitative estimate of drug-likeness (QED) is 0.777. The number of aryl methyl sites for hydroxylation is 1. The van der Waals surface area contributed by atoms with Crippen LogP contribution in [0.3, 0.4) is 0 Å². The number of imidazole rings is 2. The predicted octanol–water partition coefficient (Wildman–Crippen LogP) is 2.13. The Kier molecular flexibility index (Phi) is 4.33. The summed E-state index contributed by atoms with van der Waals surface area (Å²) in [7, 11) is 0. The standard InChI is InChI=1S/C19H21N5O/c25-19(16-6-9-23-10-7-21-18(23)12-16)22-8-11-24-14-20-13-17(24)15-4-2-1-3-5-15/h1-5,7,10,13-14,16H,6,8-9,11-12H2,(H,22,25). The summed E-state index contributed by atoms with van der Waals surface area (Å²) >= 11 is 0. The van der Waals surface area contributed by atoms with Gasteiger partial charge in [-0.1, -0.05) is 30.3 Å². The summed E-state index contributed by atoms with van der Waals surface area (Å²) in [5, 5.41) is 3.07. The molecule has 1 amide bonds. The van der Waals surface area contributed by atoms with Crippen LogP contribution in [0.2, 0.25) is 0 Å². The number of rotatable bonds is 5. The number of nitrogens with zero attached hydrogens (tertiary/aromatic N) is 4. The van der Waals surface area contributed by atoms with Crippen LogP contribution in [0.25, 0.3) is 11.3 Å². The number of amides is 1. The lowest BCUT2D eigenvalue weighted by Gasteiger charge is -2.22. The van der Waals surface area contributed by atoms with E-state index in [2.05, 4.69) is 36.6 Å². The Morgan fingerprint density at radius 1 is 1.28 bits per heavy atom. The number of benzene rings is 1. The van der Waals surface area contributed by atoms with Gasteiger partial charge in [-0.3, -0.25) is 4.79 Å². The fraction of sp³-hybridized carbons (Fsp3) is 0.316. The molecule has 1 aliphatic heterocycles. The van der Waals surface area contributed by atoms with Crippen molar-refractivity contribution in [3.63, 3.8) is 0 Å². The van der Waals surface area contributed by atoms with Crippen molar-refractivity contribution in [3.8, 4) is 11.3 Å². The predicted molar refractivity (Wildman–Crippen MR) is 94.7 cm³/mol. The molecule has 0 bridgehead atoms. The molecule has 1 N–H and O–H groups in total. The molecule has 0 saturated carbocycles. The van der Waals surface area contributed by atoms with Crippen molar-refractivity contribution in [1.82, 2.24) is 24.4 Å². The van der Waals surface area contributed by atoms with E-state index >= 15 is 0 Å². The number of hydrogen-bond donors (Lipinski definition) is 1. The molecule has 0 radical (unpaired) electrons. The van der Waals surface area contributed by atoms with Crippen LogP contribution in [0.15, 0.2) is 55.2 Å². The number of carbonyl (C=O) groups is 1. The minimum atomic E-state index is 0.0197. The Morgan fingerprint density at radius 2 is 2.16 bits per heavy atom. The minimum Gasteiger partial charge on any atom is -0.354 e. The van der Waals surface area contributed by atoms with Crippen molar-refractivity contribution in [2.45, 2.75) is 25.9 Å². The monoisotopic (exact) mass is 335 g/mol. The van der Waals surface area contributed by atoms with Gasteiger partial charge in [-0.15, -0.1) is 0 Å². The summed E-state index contributed by atoms with van der Waals surface area (Å²) in [5.74, 6) is 1.15. The number of aromatic nitrogens is 4. The summed E-state index contributed by atoms with van der Waals surface area (Å²) in [6, 6.07) is 10.2. The zero-order valence-corrected chi connectivity index (χ0v) is 14.0. The van der Waals surface area contributed by atoms with E-state index in [9.17, 15) is 4.79 Å². The lowest BCUT2D eigenvalue weighted by Crippen LogP contribution is -2.36. The summed E-state index contributed by atoms with van der Waals surface area (Å²) in [6.45, 7) is 2.17. The number of nitrogens with one attached hydrogen (secondary N) is 1. The molecule has 1 atom stereocenters. The lowest BCUT2D eigenvalue weighted by molar-refractivity contribution is -0.125. The van der Waals surface area contributed by atoms with Crippen LogP contribution in [0, 0.1) is 5.92 Å². The Labute approximate surface area is 146 Å². The number of hydrogen-bond acceptors (Lipinski definition) is 3. The summed E-state index contributed by atoms with van der Waals surface area (Å²) in [5.41, 5.74) is 2.19. The first kappa shape index (κ1) is 15.6. The van der Waals surface area contributed by atoms with Crippen molar-refractivity contribution < 1.29 is 4.79 Å². The van der Waals surface area contributed by atoms with Gasteiger partial charge in [0.15, 0.2) is 0 Å². The molecule has 2 aromatic heterocycles. The maximum atomic E-state index is 12.4. The molecule has 3 heterocycles. The Morgan fingerprint density at radius 3 is 3.04 bits per heavy atom. The molecule has 0 spiro atoms. The van der Waals surface area contributed by atoms with Gasteiger partial charge >= 0.3 is 0 Å². The lowest BCUT2D eigenvalue weighted by atomic mass is 9.97. The average Bonchev–Trinajstić information content (AvgIpc) is 3.31. The van der Waals surface area contributed by atoms with Gasteiger partial charge in [0.2, 0.25) is 5.91 Å². The van der Waals surface area contributed by atoms with Gasteiger partial charge < -0.3 is 14.5 Å². The smallest absolute Gasteiger partial charge is 0.223 e. The minimum absolute atomic E-state index is 0.0197. The van der Waals surface area contributed by atoms with Crippen molar-refractivity contribution >= 4 is 5.91 Å². The molecular weight excluding hydrogens is 314 g/mol. The first-order valence-corrected chi connectivity index (χ1v) is 8.64. The maximum absolute atomic E-state index is 12.4. The third-order valence-electron chi connectivity index (χ3n) is 4.75. The van der Waals surface area contributed by atoms with Crippen molar-refractivity contribution in [2.75, 3.05) is 6.54 Å². The molecule has 1 aliphatic rings. The molecular formula is C19H21N5O. The zero-order chi connectivity index (χ0) is 17.1. The van der Waals surface area contributed by atoms with Gasteiger partial charge in [0.05, 0.1) is 18.2 Å². The highest BCUT2D eigenvalue weighted by atomic mass is 16.1. The third kappa shape index (κ3) is 3.33. The molecule has 128 valence electrons. The van der Waals surface area contributed by atoms with E-state index in [1.165, 1.54) is 0 Å². The maximum Gasteiger partial charge on any atom is 0.223 e. The van der Waals surface area contributed by atoms with E-state index in [0.717, 1.165) is 36.5 Å². The van der Waals surface area contributed by atoms with Crippen LogP contribution in [0.4, 0.5) is 0 Å². The molecule has 0 saturated heterocycles. The first-order chi connectivity index (χ1) is 12.3. The fourth-order valence-corrected chi connectivity index (χ4v) is 3.37. The van der Waals surface area contributed by atoms with Crippen molar-refractivity contribution in [1.29, 1.82) is 0 Å². The van der Waals surface area contributed by atoms with E-state index in [4.69, 9.17) is 0 Å². The second-order valence-corrected chi connectivity index (χ2v) is 6.36. The normalized spacial score (nSPS) is 16.4. The Bertz CT molecular complexity index is 852. The molecule has 0 fully saturated rings. The highest BCUT2D eigenvalue weighted by molar-refractivity contribution is 5.78. The van der Waals surface area contributed by atoms with E-state index in [1.807, 2.05) is 36.9 Å². The second kappa shape index (κ2) is 6.93. The van der Waals surface area contributed by atoms with Crippen LogP contribution in [-0.4, -0.2) is 31.6 Å². The fourth-order valence-electron chi connectivity index (χ4n) is 3.37. The number of fused-ring (bicyclic) bond motifs is 1. The van der Waals surface area contributed by atoms with Gasteiger partial charge in [0, 0.05) is 44.4 Å². The summed E-state index contributed by atoms with van der Waals surface area (Å²) in [4.78, 5) is 21.0. The molecule has 1 aromatic carbocycles. The number of carbonyl (C=O) groups excluding carboxylic acids is 1. The van der Waals surface area contributed by atoms with Crippen molar-refractivity contribution in [3.05, 3.63) is 61.1 Å². The SMILES string of the molecule is O=C(NCCn1cncc1-c1ccccc1)C1CCn2ccnc2C1. The topological polar surface area (TPSA) is 64.7 Å². The second-order valence-electron chi connectivity index (χ2n) is 6.36. The van der Waals surface area contributed by atoms with E-state index in [1.54, 1.807) is 6.20 Å². The van der Waals surface area contributed by atoms with Gasteiger partial charge in [-0.2, -0.15) is 0 Å². The molecule has 1 unspecified atom stereocenters. The van der Waals surface area contributed by atoms with Crippen LogP contribution < -0.4 is 5.32 Å². The van der Waals surface area contributed by atoms with E-state index in [-0.39, 0.29) is 11.8 Å². The average molecular weight is 335 g/mol. The van der Waals surface area contributed by atoms with Crippen LogP contribution >= 0.6 is 0 Å². The third-order valence-corrected chi connectivity index (χ3v) is 4.75. The van der Waals surface area contributed by atoms with Crippen LogP contribution in [0.5, 0.6) is 0 Å². The zero-order valence-electron chi connectivity index (χ0n) is 14.0. The van der Waals surface area contributed by atoms with Crippen LogP contribution in [-0.2, 0) is 24.3 Å².